The van der Waals surface area contributed by atoms with Crippen LogP contribution in [0.2, 0.25) is 0 Å². The van der Waals surface area contributed by atoms with Crippen LogP contribution in [-0.2, 0) is 4.79 Å². The van der Waals surface area contributed by atoms with Gasteiger partial charge in [0.25, 0.3) is 0 Å². The monoisotopic (exact) mass is 281 g/mol. The highest BCUT2D eigenvalue weighted by molar-refractivity contribution is 5.70. The van der Waals surface area contributed by atoms with E-state index >= 15 is 0 Å². The van der Waals surface area contributed by atoms with E-state index in [0.717, 1.165) is 12.8 Å². The van der Waals surface area contributed by atoms with E-state index in [9.17, 15) is 18.0 Å². The van der Waals surface area contributed by atoms with Gasteiger partial charge in [-0.2, -0.15) is 13.2 Å². The van der Waals surface area contributed by atoms with Crippen LogP contribution in [-0.4, -0.2) is 29.3 Å². The molecule has 1 fully saturated rings. The lowest BCUT2D eigenvalue weighted by Crippen LogP contribution is -2.40. The van der Waals surface area contributed by atoms with Crippen molar-refractivity contribution < 1.29 is 23.1 Å². The number of rotatable bonds is 6. The summed E-state index contributed by atoms with van der Waals surface area (Å²) in [4.78, 5) is 10.8. The molecular formula is C13H22F3NO2. The summed E-state index contributed by atoms with van der Waals surface area (Å²) in [6.07, 6.45) is -1.27. The van der Waals surface area contributed by atoms with Crippen LogP contribution in [0.5, 0.6) is 0 Å². The first-order valence-corrected chi connectivity index (χ1v) is 6.83. The van der Waals surface area contributed by atoms with Crippen molar-refractivity contribution in [3.63, 3.8) is 0 Å². The van der Waals surface area contributed by atoms with Crippen molar-refractivity contribution in [3.8, 4) is 0 Å². The molecular weight excluding hydrogens is 259 g/mol. The van der Waals surface area contributed by atoms with Crippen LogP contribution in [0.3, 0.4) is 0 Å². The largest absolute Gasteiger partial charge is 0.481 e. The van der Waals surface area contributed by atoms with E-state index in [0.29, 0.717) is 19.3 Å². The molecule has 0 amide bonds. The molecule has 0 heterocycles. The Morgan fingerprint density at radius 3 is 2.37 bits per heavy atom. The zero-order valence-electron chi connectivity index (χ0n) is 11.2. The molecule has 0 aromatic rings. The minimum atomic E-state index is -4.07. The molecule has 0 spiro atoms. The van der Waals surface area contributed by atoms with Gasteiger partial charge in [0.2, 0.25) is 0 Å². The van der Waals surface area contributed by atoms with Crippen LogP contribution in [0.15, 0.2) is 0 Å². The Kier molecular flexibility index (Phi) is 6.10. The minimum Gasteiger partial charge on any atom is -0.481 e. The third-order valence-corrected chi connectivity index (χ3v) is 3.69. The van der Waals surface area contributed by atoms with Gasteiger partial charge in [0.1, 0.15) is 0 Å². The summed E-state index contributed by atoms with van der Waals surface area (Å²) < 4.78 is 36.0. The maximum absolute atomic E-state index is 12.0. The van der Waals surface area contributed by atoms with Gasteiger partial charge in [0.15, 0.2) is 0 Å². The maximum atomic E-state index is 12.0. The van der Waals surface area contributed by atoms with Crippen LogP contribution in [0.4, 0.5) is 13.2 Å². The molecule has 0 aromatic heterocycles. The average molecular weight is 281 g/mol. The second-order valence-electron chi connectivity index (χ2n) is 5.46. The van der Waals surface area contributed by atoms with Crippen LogP contribution in [0.1, 0.15) is 51.9 Å². The zero-order chi connectivity index (χ0) is 14.5. The zero-order valence-corrected chi connectivity index (χ0v) is 11.2. The summed E-state index contributed by atoms with van der Waals surface area (Å²) in [5.74, 6) is -0.990. The number of carboxylic acids is 1. The molecule has 3 nitrogen and oxygen atoms in total. The molecule has 19 heavy (non-hydrogen) atoms. The number of hydrogen-bond donors (Lipinski definition) is 2. The van der Waals surface area contributed by atoms with Crippen molar-refractivity contribution in [1.82, 2.24) is 5.32 Å². The van der Waals surface area contributed by atoms with Gasteiger partial charge in [-0.15, -0.1) is 0 Å². The SMILES string of the molecule is CC(CCCC(F)(F)F)NC1CCC(C(=O)O)CC1. The Bertz CT molecular complexity index is 286. The highest BCUT2D eigenvalue weighted by Crippen LogP contribution is 2.26. The van der Waals surface area contributed by atoms with E-state index in [1.807, 2.05) is 6.92 Å². The Labute approximate surface area is 111 Å². The average Bonchev–Trinajstić information content (AvgIpc) is 2.27. The standard InChI is InChI=1S/C13H22F3NO2/c1-9(3-2-8-13(14,15)16)17-11-6-4-10(5-7-11)12(18)19/h9-11,17H,2-8H2,1H3,(H,18,19). The Hall–Kier alpha value is -0.780. The molecule has 1 aliphatic rings. The highest BCUT2D eigenvalue weighted by Gasteiger charge is 2.28. The number of aliphatic carboxylic acids is 1. The molecule has 1 atom stereocenters. The molecule has 0 saturated heterocycles. The molecule has 1 unspecified atom stereocenters. The first-order chi connectivity index (χ1) is 8.78. The van der Waals surface area contributed by atoms with Crippen molar-refractivity contribution in [2.24, 2.45) is 5.92 Å². The summed E-state index contributed by atoms with van der Waals surface area (Å²) in [7, 11) is 0. The summed E-state index contributed by atoms with van der Waals surface area (Å²) in [6, 6.07) is 0.296. The van der Waals surface area contributed by atoms with Crippen molar-refractivity contribution >= 4 is 5.97 Å². The van der Waals surface area contributed by atoms with Crippen LogP contribution >= 0.6 is 0 Å². The third-order valence-electron chi connectivity index (χ3n) is 3.69. The number of carbonyl (C=O) groups is 1. The molecule has 0 aromatic carbocycles. The Morgan fingerprint density at radius 1 is 1.32 bits per heavy atom. The lowest BCUT2D eigenvalue weighted by molar-refractivity contribution is -0.142. The van der Waals surface area contributed by atoms with Crippen LogP contribution in [0.25, 0.3) is 0 Å². The quantitative estimate of drug-likeness (QED) is 0.785. The van der Waals surface area contributed by atoms with Gasteiger partial charge in [-0.25, -0.2) is 0 Å². The molecule has 0 aliphatic heterocycles. The summed E-state index contributed by atoms with van der Waals surface area (Å²) in [5, 5.41) is 12.2. The van der Waals surface area contributed by atoms with E-state index < -0.39 is 18.6 Å². The first kappa shape index (κ1) is 16.3. The maximum Gasteiger partial charge on any atom is 0.389 e. The minimum absolute atomic E-state index is 0.0497. The third kappa shape index (κ3) is 6.80. The van der Waals surface area contributed by atoms with E-state index in [1.165, 1.54) is 0 Å². The van der Waals surface area contributed by atoms with Gasteiger partial charge in [-0.3, -0.25) is 4.79 Å². The molecule has 0 bridgehead atoms. The lowest BCUT2D eigenvalue weighted by atomic mass is 9.86. The topological polar surface area (TPSA) is 49.3 Å². The second kappa shape index (κ2) is 7.12. The first-order valence-electron chi connectivity index (χ1n) is 6.83. The van der Waals surface area contributed by atoms with Crippen molar-refractivity contribution in [1.29, 1.82) is 0 Å². The van der Waals surface area contributed by atoms with Crippen LogP contribution in [0, 0.1) is 5.92 Å². The van der Waals surface area contributed by atoms with Crippen molar-refractivity contribution in [3.05, 3.63) is 0 Å². The molecule has 6 heteroatoms. The van der Waals surface area contributed by atoms with Crippen molar-refractivity contribution in [2.45, 2.75) is 70.1 Å². The van der Waals surface area contributed by atoms with Gasteiger partial charge < -0.3 is 10.4 Å². The predicted molar refractivity (Wildman–Crippen MR) is 65.9 cm³/mol. The number of carboxylic acid groups (broad SMARTS) is 1. The fourth-order valence-electron chi connectivity index (χ4n) is 2.60. The fourth-order valence-corrected chi connectivity index (χ4v) is 2.60. The summed E-state index contributed by atoms with van der Waals surface area (Å²) in [5.41, 5.74) is 0. The molecule has 1 aliphatic carbocycles. The smallest absolute Gasteiger partial charge is 0.389 e. The number of hydrogen-bond acceptors (Lipinski definition) is 2. The number of nitrogens with one attached hydrogen (secondary N) is 1. The normalized spacial score (nSPS) is 26.1. The summed E-state index contributed by atoms with van der Waals surface area (Å²) in [6.45, 7) is 1.89. The molecule has 112 valence electrons. The summed E-state index contributed by atoms with van der Waals surface area (Å²) >= 11 is 0. The van der Waals surface area contributed by atoms with Crippen LogP contribution < -0.4 is 5.32 Å². The van der Waals surface area contributed by atoms with Gasteiger partial charge in [-0.05, 0) is 45.4 Å². The second-order valence-corrected chi connectivity index (χ2v) is 5.46. The number of halogens is 3. The van der Waals surface area contributed by atoms with E-state index in [4.69, 9.17) is 5.11 Å². The fraction of sp³-hybridized carbons (Fsp3) is 0.923. The highest BCUT2D eigenvalue weighted by atomic mass is 19.4. The molecule has 1 saturated carbocycles. The van der Waals surface area contributed by atoms with E-state index in [2.05, 4.69) is 5.32 Å². The Balaban J connectivity index is 2.16. The predicted octanol–water partition coefficient (Wildman–Crippen LogP) is 3.34. The van der Waals surface area contributed by atoms with Crippen molar-refractivity contribution in [2.75, 3.05) is 0 Å². The van der Waals surface area contributed by atoms with Gasteiger partial charge in [0.05, 0.1) is 5.92 Å². The van der Waals surface area contributed by atoms with Gasteiger partial charge in [0, 0.05) is 18.5 Å². The van der Waals surface area contributed by atoms with Gasteiger partial charge in [-0.1, -0.05) is 0 Å². The Morgan fingerprint density at radius 2 is 1.89 bits per heavy atom. The molecule has 1 rings (SSSR count). The lowest BCUT2D eigenvalue weighted by Gasteiger charge is -2.29. The molecule has 2 N–H and O–H groups in total. The van der Waals surface area contributed by atoms with E-state index in [1.54, 1.807) is 0 Å². The van der Waals surface area contributed by atoms with Gasteiger partial charge >= 0.3 is 12.1 Å². The van der Waals surface area contributed by atoms with E-state index in [-0.39, 0.29) is 24.4 Å². The number of alkyl halides is 3. The molecule has 0 radical (unpaired) electrons.